The second-order valence-electron chi connectivity index (χ2n) is 6.51. The Morgan fingerprint density at radius 3 is 2.50 bits per heavy atom. The Labute approximate surface area is 120 Å². The van der Waals surface area contributed by atoms with E-state index in [0.29, 0.717) is 25.4 Å². The fraction of sp³-hybridized carbons (Fsp3) is 0.588. The molecule has 1 aromatic rings. The minimum atomic E-state index is -0.721. The zero-order valence-corrected chi connectivity index (χ0v) is 12.2. The van der Waals surface area contributed by atoms with Gasteiger partial charge >= 0.3 is 5.97 Å². The first kappa shape index (κ1) is 13.6. The largest absolute Gasteiger partial charge is 0.481 e. The molecule has 0 bridgehead atoms. The highest BCUT2D eigenvalue weighted by molar-refractivity contribution is 5.76. The molecule has 3 nitrogen and oxygen atoms in total. The lowest BCUT2D eigenvalue weighted by molar-refractivity contribution is -0.153. The molecule has 3 heteroatoms. The van der Waals surface area contributed by atoms with Crippen LogP contribution in [0.4, 0.5) is 0 Å². The van der Waals surface area contributed by atoms with Gasteiger partial charge in [0.1, 0.15) is 5.41 Å². The van der Waals surface area contributed by atoms with Gasteiger partial charge in [-0.15, -0.1) is 0 Å². The van der Waals surface area contributed by atoms with Gasteiger partial charge in [-0.05, 0) is 51.0 Å². The average molecular weight is 274 g/mol. The Balaban J connectivity index is 1.92. The lowest BCUT2D eigenvalue weighted by atomic mass is 9.74. The van der Waals surface area contributed by atoms with Crippen LogP contribution in [0, 0.1) is 25.2 Å². The highest BCUT2D eigenvalue weighted by Crippen LogP contribution is 2.49. The number of aliphatic carboxylic acids is 1. The molecule has 1 N–H and O–H groups in total. The first-order chi connectivity index (χ1) is 9.51. The van der Waals surface area contributed by atoms with Crippen molar-refractivity contribution in [3.8, 4) is 0 Å². The summed E-state index contributed by atoms with van der Waals surface area (Å²) in [6.45, 7) is 4.71. The molecule has 1 saturated carbocycles. The molecule has 2 atom stereocenters. The summed E-state index contributed by atoms with van der Waals surface area (Å²) in [6, 6.07) is 6.35. The molecule has 0 aromatic heterocycles. The summed E-state index contributed by atoms with van der Waals surface area (Å²) in [5.41, 5.74) is 2.80. The molecule has 20 heavy (non-hydrogen) atoms. The second kappa shape index (κ2) is 4.88. The fourth-order valence-electron chi connectivity index (χ4n) is 3.68. The van der Waals surface area contributed by atoms with Crippen LogP contribution in [0.5, 0.6) is 0 Å². The topological polar surface area (TPSA) is 46.5 Å². The Morgan fingerprint density at radius 1 is 1.30 bits per heavy atom. The maximum Gasteiger partial charge on any atom is 0.312 e. The molecule has 0 amide bonds. The Kier molecular flexibility index (Phi) is 3.33. The third kappa shape index (κ3) is 2.35. The fourth-order valence-corrected chi connectivity index (χ4v) is 3.68. The Hall–Kier alpha value is -1.35. The van der Waals surface area contributed by atoms with Crippen LogP contribution in [0.25, 0.3) is 0 Å². The van der Waals surface area contributed by atoms with Crippen LogP contribution >= 0.6 is 0 Å². The van der Waals surface area contributed by atoms with E-state index >= 15 is 0 Å². The monoisotopic (exact) mass is 274 g/mol. The van der Waals surface area contributed by atoms with Crippen LogP contribution in [-0.4, -0.2) is 23.8 Å². The highest BCUT2D eigenvalue weighted by atomic mass is 16.5. The van der Waals surface area contributed by atoms with Crippen LogP contribution in [-0.2, 0) is 16.0 Å². The van der Waals surface area contributed by atoms with Crippen molar-refractivity contribution in [2.75, 3.05) is 6.61 Å². The van der Waals surface area contributed by atoms with E-state index in [2.05, 4.69) is 32.0 Å². The second-order valence-corrected chi connectivity index (χ2v) is 6.51. The van der Waals surface area contributed by atoms with Crippen LogP contribution in [0.1, 0.15) is 36.0 Å². The zero-order chi connectivity index (χ0) is 14.3. The van der Waals surface area contributed by atoms with Gasteiger partial charge in [0, 0.05) is 6.61 Å². The van der Waals surface area contributed by atoms with Crippen molar-refractivity contribution in [1.29, 1.82) is 0 Å². The number of hydrogen-bond donors (Lipinski definition) is 1. The van der Waals surface area contributed by atoms with E-state index in [1.165, 1.54) is 11.1 Å². The number of carboxylic acid groups (broad SMARTS) is 1. The van der Waals surface area contributed by atoms with E-state index in [1.807, 2.05) is 0 Å². The van der Waals surface area contributed by atoms with Gasteiger partial charge in [-0.1, -0.05) is 29.3 Å². The molecule has 1 aromatic carbocycles. The van der Waals surface area contributed by atoms with E-state index in [0.717, 1.165) is 18.4 Å². The molecular weight excluding hydrogens is 252 g/mol. The minimum absolute atomic E-state index is 0.0965. The molecule has 2 aliphatic rings. The quantitative estimate of drug-likeness (QED) is 0.917. The number of aryl methyl sites for hydroxylation is 2. The van der Waals surface area contributed by atoms with Crippen molar-refractivity contribution in [3.05, 3.63) is 34.9 Å². The van der Waals surface area contributed by atoms with Gasteiger partial charge < -0.3 is 9.84 Å². The van der Waals surface area contributed by atoms with Crippen LogP contribution in [0.15, 0.2) is 18.2 Å². The van der Waals surface area contributed by atoms with Crippen molar-refractivity contribution >= 4 is 5.97 Å². The van der Waals surface area contributed by atoms with Gasteiger partial charge in [0.2, 0.25) is 0 Å². The highest BCUT2D eigenvalue weighted by Gasteiger charge is 2.55. The van der Waals surface area contributed by atoms with Gasteiger partial charge in [0.15, 0.2) is 0 Å². The van der Waals surface area contributed by atoms with Gasteiger partial charge in [-0.2, -0.15) is 0 Å². The van der Waals surface area contributed by atoms with E-state index in [1.54, 1.807) is 0 Å². The number of hydrogen-bond acceptors (Lipinski definition) is 2. The predicted molar refractivity (Wildman–Crippen MR) is 76.8 cm³/mol. The third-order valence-corrected chi connectivity index (χ3v) is 4.67. The van der Waals surface area contributed by atoms with Gasteiger partial charge in [-0.25, -0.2) is 0 Å². The lowest BCUT2D eigenvalue weighted by Crippen LogP contribution is -2.42. The molecular formula is C17H22O3. The van der Waals surface area contributed by atoms with Crippen molar-refractivity contribution in [2.24, 2.45) is 11.3 Å². The molecule has 1 aliphatic carbocycles. The van der Waals surface area contributed by atoms with Crippen molar-refractivity contribution < 1.29 is 14.6 Å². The van der Waals surface area contributed by atoms with E-state index < -0.39 is 11.4 Å². The lowest BCUT2D eigenvalue weighted by Gasteiger charge is -2.30. The van der Waals surface area contributed by atoms with Gasteiger partial charge in [-0.3, -0.25) is 4.79 Å². The van der Waals surface area contributed by atoms with E-state index in [-0.39, 0.29) is 6.10 Å². The summed E-state index contributed by atoms with van der Waals surface area (Å²) in [5, 5.41) is 9.83. The molecule has 2 unspecified atom stereocenters. The van der Waals surface area contributed by atoms with E-state index in [9.17, 15) is 9.90 Å². The first-order valence-corrected chi connectivity index (χ1v) is 7.43. The number of ether oxygens (including phenoxy) is 1. The summed E-state index contributed by atoms with van der Waals surface area (Å²) in [7, 11) is 0. The SMILES string of the molecule is Cc1cc(C)cc(CC2(C(=O)O)CCOC2C2CC2)c1. The molecule has 2 fully saturated rings. The Morgan fingerprint density at radius 2 is 1.95 bits per heavy atom. The molecule has 0 spiro atoms. The maximum absolute atomic E-state index is 12.0. The van der Waals surface area contributed by atoms with Crippen molar-refractivity contribution in [1.82, 2.24) is 0 Å². The van der Waals surface area contributed by atoms with Crippen LogP contribution < -0.4 is 0 Å². The molecule has 1 aliphatic heterocycles. The van der Waals surface area contributed by atoms with E-state index in [4.69, 9.17) is 4.74 Å². The maximum atomic E-state index is 12.0. The standard InChI is InChI=1S/C17H22O3/c1-11-7-12(2)9-13(8-11)10-17(16(18)19)5-6-20-15(17)14-3-4-14/h7-9,14-15H,3-6,10H2,1-2H3,(H,18,19). The van der Waals surface area contributed by atoms with Gasteiger partial charge in [0.25, 0.3) is 0 Å². The molecule has 1 heterocycles. The average Bonchev–Trinajstić information content (AvgIpc) is 3.10. The smallest absolute Gasteiger partial charge is 0.312 e. The summed E-state index contributed by atoms with van der Waals surface area (Å²) < 4.78 is 5.81. The molecule has 108 valence electrons. The van der Waals surface area contributed by atoms with Crippen LogP contribution in [0.2, 0.25) is 0 Å². The van der Waals surface area contributed by atoms with Crippen LogP contribution in [0.3, 0.4) is 0 Å². The van der Waals surface area contributed by atoms with Gasteiger partial charge in [0.05, 0.1) is 6.10 Å². The number of carbonyl (C=O) groups is 1. The number of rotatable bonds is 4. The minimum Gasteiger partial charge on any atom is -0.481 e. The summed E-state index contributed by atoms with van der Waals surface area (Å²) >= 11 is 0. The first-order valence-electron chi connectivity index (χ1n) is 7.43. The summed E-state index contributed by atoms with van der Waals surface area (Å²) in [5.74, 6) is -0.231. The Bertz CT molecular complexity index is 513. The molecule has 0 radical (unpaired) electrons. The summed E-state index contributed by atoms with van der Waals surface area (Å²) in [6.07, 6.45) is 3.36. The molecule has 1 saturated heterocycles. The van der Waals surface area contributed by atoms with Crippen molar-refractivity contribution in [2.45, 2.75) is 45.6 Å². The molecule has 3 rings (SSSR count). The normalized spacial score (nSPS) is 29.6. The van der Waals surface area contributed by atoms with Crippen molar-refractivity contribution in [3.63, 3.8) is 0 Å². The third-order valence-electron chi connectivity index (χ3n) is 4.67. The summed E-state index contributed by atoms with van der Waals surface area (Å²) in [4.78, 5) is 12.0. The zero-order valence-electron chi connectivity index (χ0n) is 12.2. The number of benzene rings is 1. The number of carboxylic acids is 1. The predicted octanol–water partition coefficient (Wildman–Crippen LogP) is 3.12.